The molecule has 1 heterocycles. The van der Waals surface area contributed by atoms with Crippen LogP contribution in [-0.2, 0) is 0 Å². The van der Waals surface area contributed by atoms with E-state index in [1.807, 2.05) is 6.20 Å². The number of benzene rings is 1. The molecule has 3 nitrogen and oxygen atoms in total. The fraction of sp³-hybridized carbons (Fsp3) is 0.471. The van der Waals surface area contributed by atoms with E-state index in [1.54, 1.807) is 0 Å². The molecule has 0 fully saturated rings. The first-order chi connectivity index (χ1) is 9.95. The summed E-state index contributed by atoms with van der Waals surface area (Å²) in [5.74, 6) is 0. The summed E-state index contributed by atoms with van der Waals surface area (Å²) in [5.41, 5.74) is 5.12. The van der Waals surface area contributed by atoms with Gasteiger partial charge in [-0.1, -0.05) is 25.1 Å². The van der Waals surface area contributed by atoms with Crippen molar-refractivity contribution in [2.75, 3.05) is 6.54 Å². The van der Waals surface area contributed by atoms with Crippen molar-refractivity contribution in [2.24, 2.45) is 0 Å². The number of nitrogens with zero attached hydrogens (tertiary/aromatic N) is 2. The lowest BCUT2D eigenvalue weighted by Gasteiger charge is -2.23. The van der Waals surface area contributed by atoms with Crippen LogP contribution in [0.3, 0.4) is 0 Å². The summed E-state index contributed by atoms with van der Waals surface area (Å²) in [6.45, 7) is 11.7. The van der Waals surface area contributed by atoms with Crippen molar-refractivity contribution in [1.29, 1.82) is 0 Å². The van der Waals surface area contributed by atoms with Crippen molar-refractivity contribution in [3.8, 4) is 0 Å². The molecule has 1 atom stereocenters. The predicted molar refractivity (Wildman–Crippen MR) is 91.7 cm³/mol. The van der Waals surface area contributed by atoms with Crippen molar-refractivity contribution in [2.45, 2.75) is 46.7 Å². The van der Waals surface area contributed by atoms with Gasteiger partial charge in [0.2, 0.25) is 0 Å². The average Bonchev–Trinajstić information content (AvgIpc) is 2.81. The summed E-state index contributed by atoms with van der Waals surface area (Å²) in [5, 5.41) is 8.11. The summed E-state index contributed by atoms with van der Waals surface area (Å²) in [7, 11) is 0. The molecule has 1 N–H and O–H groups in total. The lowest BCUT2D eigenvalue weighted by molar-refractivity contribution is 0.475. The molecule has 0 saturated heterocycles. The Labute approximate surface area is 135 Å². The minimum atomic E-state index is 0.147. The molecule has 0 aliphatic rings. The van der Waals surface area contributed by atoms with Gasteiger partial charge in [-0.25, -0.2) is 0 Å². The number of aryl methyl sites for hydroxylation is 2. The highest BCUT2D eigenvalue weighted by atomic mass is 79.9. The van der Waals surface area contributed by atoms with Gasteiger partial charge >= 0.3 is 0 Å². The van der Waals surface area contributed by atoms with E-state index in [0.29, 0.717) is 6.04 Å². The van der Waals surface area contributed by atoms with Crippen LogP contribution in [0.5, 0.6) is 0 Å². The van der Waals surface area contributed by atoms with Gasteiger partial charge in [0.15, 0.2) is 0 Å². The van der Waals surface area contributed by atoms with Gasteiger partial charge in [-0.2, -0.15) is 5.10 Å². The lowest BCUT2D eigenvalue weighted by Crippen LogP contribution is -2.26. The van der Waals surface area contributed by atoms with Crippen LogP contribution in [0.2, 0.25) is 0 Å². The molecular weight excluding hydrogens is 326 g/mol. The zero-order valence-corrected chi connectivity index (χ0v) is 15.0. The zero-order chi connectivity index (χ0) is 15.6. The molecule has 2 rings (SSSR count). The Morgan fingerprint density at radius 2 is 1.95 bits per heavy atom. The van der Waals surface area contributed by atoms with Crippen LogP contribution < -0.4 is 5.32 Å². The third-order valence-corrected chi connectivity index (χ3v) is 4.43. The van der Waals surface area contributed by atoms with Gasteiger partial charge in [0.25, 0.3) is 0 Å². The van der Waals surface area contributed by atoms with E-state index in [2.05, 4.69) is 83.8 Å². The fourth-order valence-electron chi connectivity index (χ4n) is 2.55. The third-order valence-electron chi connectivity index (χ3n) is 3.82. The van der Waals surface area contributed by atoms with Crippen molar-refractivity contribution >= 4 is 15.9 Å². The van der Waals surface area contributed by atoms with Crippen molar-refractivity contribution < 1.29 is 0 Å². The van der Waals surface area contributed by atoms with E-state index >= 15 is 0 Å². The monoisotopic (exact) mass is 349 g/mol. The molecule has 114 valence electrons. The molecule has 0 bridgehead atoms. The molecule has 21 heavy (non-hydrogen) atoms. The molecule has 0 saturated carbocycles. The van der Waals surface area contributed by atoms with Gasteiger partial charge in [0, 0.05) is 6.04 Å². The number of rotatable bonds is 5. The SMILES string of the molecule is CCNC(c1ccc(C)c(C)c1)c1c(Br)cnn1C(C)C. The Kier molecular flexibility index (Phi) is 5.22. The molecule has 2 aromatic rings. The molecule has 0 radical (unpaired) electrons. The summed E-state index contributed by atoms with van der Waals surface area (Å²) in [4.78, 5) is 0. The van der Waals surface area contributed by atoms with Crippen LogP contribution in [0.15, 0.2) is 28.9 Å². The molecule has 0 aliphatic carbocycles. The standard InChI is InChI=1S/C17H24BrN3/c1-6-19-16(14-8-7-12(4)13(5)9-14)17-15(18)10-20-21(17)11(2)3/h7-11,16,19H,6H2,1-5H3. The molecule has 0 amide bonds. The Hall–Kier alpha value is -1.13. The third kappa shape index (κ3) is 3.38. The summed E-state index contributed by atoms with van der Waals surface area (Å²) in [6, 6.07) is 7.15. The van der Waals surface area contributed by atoms with Gasteiger partial charge in [-0.05, 0) is 66.9 Å². The molecule has 1 aromatic carbocycles. The summed E-state index contributed by atoms with van der Waals surface area (Å²) >= 11 is 3.66. The molecule has 1 unspecified atom stereocenters. The fourth-order valence-corrected chi connectivity index (χ4v) is 3.06. The summed E-state index contributed by atoms with van der Waals surface area (Å²) in [6.07, 6.45) is 1.89. The Bertz CT molecular complexity index is 616. The first-order valence-electron chi connectivity index (χ1n) is 7.49. The van der Waals surface area contributed by atoms with E-state index in [4.69, 9.17) is 0 Å². The zero-order valence-electron chi connectivity index (χ0n) is 13.4. The quantitative estimate of drug-likeness (QED) is 0.858. The summed E-state index contributed by atoms with van der Waals surface area (Å²) < 4.78 is 3.15. The van der Waals surface area contributed by atoms with Crippen LogP contribution in [0, 0.1) is 13.8 Å². The second-order valence-electron chi connectivity index (χ2n) is 5.75. The van der Waals surface area contributed by atoms with Gasteiger partial charge in [0.05, 0.1) is 22.4 Å². The lowest BCUT2D eigenvalue weighted by atomic mass is 9.98. The maximum Gasteiger partial charge on any atom is 0.0760 e. The van der Waals surface area contributed by atoms with E-state index in [9.17, 15) is 0 Å². The number of hydrogen-bond donors (Lipinski definition) is 1. The van der Waals surface area contributed by atoms with E-state index in [-0.39, 0.29) is 6.04 Å². The van der Waals surface area contributed by atoms with Crippen LogP contribution in [0.1, 0.15) is 55.2 Å². The van der Waals surface area contributed by atoms with Gasteiger partial charge in [-0.15, -0.1) is 0 Å². The van der Waals surface area contributed by atoms with Crippen LogP contribution >= 0.6 is 15.9 Å². The van der Waals surface area contributed by atoms with Crippen LogP contribution in [0.4, 0.5) is 0 Å². The van der Waals surface area contributed by atoms with Gasteiger partial charge < -0.3 is 5.32 Å². The molecule has 4 heteroatoms. The number of hydrogen-bond acceptors (Lipinski definition) is 2. The molecular formula is C17H24BrN3. The second kappa shape index (κ2) is 6.75. The van der Waals surface area contributed by atoms with Gasteiger partial charge in [-0.3, -0.25) is 4.68 Å². The van der Waals surface area contributed by atoms with Crippen LogP contribution in [-0.4, -0.2) is 16.3 Å². The van der Waals surface area contributed by atoms with E-state index in [0.717, 1.165) is 11.0 Å². The van der Waals surface area contributed by atoms with E-state index in [1.165, 1.54) is 22.4 Å². The van der Waals surface area contributed by atoms with Crippen molar-refractivity contribution in [1.82, 2.24) is 15.1 Å². The normalized spacial score (nSPS) is 12.9. The molecule has 0 aliphatic heterocycles. The van der Waals surface area contributed by atoms with E-state index < -0.39 is 0 Å². The average molecular weight is 350 g/mol. The highest BCUT2D eigenvalue weighted by molar-refractivity contribution is 9.10. The smallest absolute Gasteiger partial charge is 0.0760 e. The second-order valence-corrected chi connectivity index (χ2v) is 6.60. The van der Waals surface area contributed by atoms with Crippen molar-refractivity contribution in [3.05, 3.63) is 51.3 Å². The first kappa shape index (κ1) is 16.2. The predicted octanol–water partition coefficient (Wildman–Crippen LogP) is 4.54. The number of aromatic nitrogens is 2. The topological polar surface area (TPSA) is 29.9 Å². The van der Waals surface area contributed by atoms with Gasteiger partial charge in [0.1, 0.15) is 0 Å². The Balaban J connectivity index is 2.53. The minimum Gasteiger partial charge on any atom is -0.305 e. The number of nitrogens with one attached hydrogen (secondary N) is 1. The number of halogens is 1. The van der Waals surface area contributed by atoms with Crippen molar-refractivity contribution in [3.63, 3.8) is 0 Å². The Morgan fingerprint density at radius 1 is 1.24 bits per heavy atom. The first-order valence-corrected chi connectivity index (χ1v) is 8.28. The molecule has 1 aromatic heterocycles. The molecule has 0 spiro atoms. The largest absolute Gasteiger partial charge is 0.305 e. The van der Waals surface area contributed by atoms with Crippen LogP contribution in [0.25, 0.3) is 0 Å². The highest BCUT2D eigenvalue weighted by Gasteiger charge is 2.22. The Morgan fingerprint density at radius 3 is 2.52 bits per heavy atom. The minimum absolute atomic E-state index is 0.147. The maximum atomic E-state index is 4.51. The maximum absolute atomic E-state index is 4.51. The highest BCUT2D eigenvalue weighted by Crippen LogP contribution is 2.31.